The number of rotatable bonds is 0. The number of nitrogens with two attached hydrogens (primary N) is 2. The third kappa shape index (κ3) is 6.13. The second kappa shape index (κ2) is 6.13. The average molecular weight is 170 g/mol. The van der Waals surface area contributed by atoms with Crippen LogP contribution < -0.4 is 22.5 Å². The van der Waals surface area contributed by atoms with E-state index in [0.717, 1.165) is 0 Å². The summed E-state index contributed by atoms with van der Waals surface area (Å²) in [5.41, 5.74) is 4.22. The van der Waals surface area contributed by atoms with Crippen LogP contribution in [0.1, 0.15) is 0 Å². The maximum atomic E-state index is 4.75. The van der Waals surface area contributed by atoms with Gasteiger partial charge in [-0.2, -0.15) is 0 Å². The minimum atomic E-state index is 0. The molecule has 7 heavy (non-hydrogen) atoms. The number of thiocarbonyl (C=S) groups is 1. The fourth-order valence-electron chi connectivity index (χ4n) is 0.0417. The summed E-state index contributed by atoms with van der Waals surface area (Å²) in [7, 11) is 0. The third-order valence-corrected chi connectivity index (χ3v) is 0.498. The van der Waals surface area contributed by atoms with Crippen molar-refractivity contribution in [2.75, 3.05) is 0 Å². The van der Waals surface area contributed by atoms with Crippen LogP contribution in [0, 0.1) is 0 Å². The molecule has 0 aliphatic carbocycles. The van der Waals surface area contributed by atoms with Crippen molar-refractivity contribution in [2.24, 2.45) is 11.7 Å². The summed E-state index contributed by atoms with van der Waals surface area (Å²) < 4.78 is 0. The van der Waals surface area contributed by atoms with Crippen LogP contribution in [0.2, 0.25) is 0 Å². The van der Waals surface area contributed by atoms with E-state index in [9.17, 15) is 0 Å². The fraction of sp³-hybridized carbons (Fsp3) is 0. The van der Waals surface area contributed by atoms with Crippen molar-refractivity contribution >= 4 is 17.3 Å². The van der Waals surface area contributed by atoms with Crippen molar-refractivity contribution in [3.63, 3.8) is 0 Å². The van der Waals surface area contributed by atoms with Gasteiger partial charge in [-0.15, -0.1) is 0 Å². The van der Waals surface area contributed by atoms with Crippen LogP contribution in [-0.2, 0) is 17.1 Å². The average Bonchev–Trinajstić information content (AvgIpc) is 1.65. The zero-order chi connectivity index (χ0) is 4.99. The molecule has 6 N–H and O–H groups in total. The van der Waals surface area contributed by atoms with E-state index in [1.807, 2.05) is 0 Å². The molecule has 0 amide bonds. The van der Waals surface area contributed by atoms with Gasteiger partial charge in [0, 0.05) is 17.1 Å². The topological polar surface area (TPSA) is 76.1 Å². The van der Waals surface area contributed by atoms with Gasteiger partial charge < -0.3 is 0 Å². The summed E-state index contributed by atoms with van der Waals surface area (Å²) in [4.78, 5) is 0. The second-order valence-corrected chi connectivity index (χ2v) is 1.03. The van der Waals surface area contributed by atoms with Gasteiger partial charge in [0.2, 0.25) is 0 Å². The predicted molar refractivity (Wildman–Crippen MR) is 27.2 cm³/mol. The molecule has 0 aliphatic rings. The van der Waals surface area contributed by atoms with Gasteiger partial charge >= 0.3 is 0 Å². The Kier molecular flexibility index (Phi) is 8.91. The van der Waals surface area contributed by atoms with Gasteiger partial charge in [-0.3, -0.25) is 10.9 Å². The smallest absolute Gasteiger partial charge is 0.194 e. The van der Waals surface area contributed by atoms with E-state index in [2.05, 4.69) is 23.1 Å². The van der Waals surface area contributed by atoms with Crippen LogP contribution in [0.4, 0.5) is 0 Å². The second-order valence-electron chi connectivity index (χ2n) is 0.618. The molecule has 0 rings (SSSR count). The first-order valence-corrected chi connectivity index (χ1v) is 1.69. The molecule has 0 bridgehead atoms. The van der Waals surface area contributed by atoms with Gasteiger partial charge in [0.25, 0.3) is 0 Å². The van der Waals surface area contributed by atoms with E-state index >= 15 is 0 Å². The largest absolute Gasteiger partial charge is 0.300 e. The summed E-state index contributed by atoms with van der Waals surface area (Å²) in [5.74, 6) is 9.50. The Morgan fingerprint density at radius 3 is 1.57 bits per heavy atom. The Bertz CT molecular complexity index is 49.7. The molecule has 0 aromatic rings. The quantitative estimate of drug-likeness (QED) is 0.149. The van der Waals surface area contributed by atoms with E-state index in [1.54, 1.807) is 0 Å². The van der Waals surface area contributed by atoms with Gasteiger partial charge in [0.1, 0.15) is 0 Å². The zero-order valence-corrected chi connectivity index (χ0v) is 5.12. The standard InChI is InChI=1S/CH6N4S.Cu/c2-4-1(6)5-3;/h2-3H2,(H2,4,5,6);. The molecule has 0 unspecified atom stereocenters. The molecular formula is CH6CuN4S. The fourth-order valence-corrected chi connectivity index (χ4v) is 0.0417. The Morgan fingerprint density at radius 1 is 1.29 bits per heavy atom. The van der Waals surface area contributed by atoms with Crippen molar-refractivity contribution in [3.8, 4) is 0 Å². The zero-order valence-electron chi connectivity index (χ0n) is 3.36. The predicted octanol–water partition coefficient (Wildman–Crippen LogP) is -1.80. The Hall–Kier alpha value is 0.129. The van der Waals surface area contributed by atoms with Crippen LogP contribution in [0.25, 0.3) is 0 Å². The van der Waals surface area contributed by atoms with E-state index < -0.39 is 0 Å². The van der Waals surface area contributed by atoms with Gasteiger partial charge in [0.15, 0.2) is 5.11 Å². The Morgan fingerprint density at radius 2 is 1.57 bits per heavy atom. The van der Waals surface area contributed by atoms with Crippen molar-refractivity contribution in [2.45, 2.75) is 0 Å². The molecule has 47 valence electrons. The molecule has 0 aromatic heterocycles. The van der Waals surface area contributed by atoms with Gasteiger partial charge in [-0.25, -0.2) is 11.7 Å². The molecule has 0 aromatic carbocycles. The van der Waals surface area contributed by atoms with Crippen molar-refractivity contribution in [1.82, 2.24) is 10.9 Å². The summed E-state index contributed by atoms with van der Waals surface area (Å²) in [5, 5.41) is 0.231. The van der Waals surface area contributed by atoms with E-state index in [1.165, 1.54) is 0 Å². The number of hydrogen-bond acceptors (Lipinski definition) is 3. The Balaban J connectivity index is 0. The van der Waals surface area contributed by atoms with Gasteiger partial charge in [-0.05, 0) is 12.2 Å². The molecular weight excluding hydrogens is 164 g/mol. The first-order valence-electron chi connectivity index (χ1n) is 1.28. The summed E-state index contributed by atoms with van der Waals surface area (Å²) in [6.45, 7) is 0. The van der Waals surface area contributed by atoms with Gasteiger partial charge in [0.05, 0.1) is 0 Å². The van der Waals surface area contributed by atoms with E-state index in [-0.39, 0.29) is 22.2 Å². The summed E-state index contributed by atoms with van der Waals surface area (Å²) >= 11 is 4.38. The van der Waals surface area contributed by atoms with Crippen molar-refractivity contribution < 1.29 is 17.1 Å². The van der Waals surface area contributed by atoms with Crippen LogP contribution in [0.3, 0.4) is 0 Å². The molecule has 0 heterocycles. The molecule has 6 heteroatoms. The molecule has 0 atom stereocenters. The molecule has 0 saturated carbocycles. The number of hydrazine groups is 2. The van der Waals surface area contributed by atoms with Crippen LogP contribution in [0.5, 0.6) is 0 Å². The van der Waals surface area contributed by atoms with Crippen LogP contribution >= 0.6 is 12.2 Å². The number of nitrogens with one attached hydrogen (secondary N) is 2. The van der Waals surface area contributed by atoms with Crippen molar-refractivity contribution in [1.29, 1.82) is 0 Å². The normalized spacial score (nSPS) is 6.00. The summed E-state index contributed by atoms with van der Waals surface area (Å²) in [6.07, 6.45) is 0. The first-order chi connectivity index (χ1) is 2.81. The van der Waals surface area contributed by atoms with E-state index in [0.29, 0.717) is 0 Å². The maximum Gasteiger partial charge on any atom is 0.194 e. The minimum absolute atomic E-state index is 0. The van der Waals surface area contributed by atoms with E-state index in [4.69, 9.17) is 11.7 Å². The van der Waals surface area contributed by atoms with Crippen LogP contribution in [0.15, 0.2) is 0 Å². The molecule has 0 fully saturated rings. The maximum absolute atomic E-state index is 4.75. The third-order valence-electron chi connectivity index (χ3n) is 0.262. The van der Waals surface area contributed by atoms with Crippen molar-refractivity contribution in [3.05, 3.63) is 0 Å². The molecule has 0 saturated heterocycles. The minimum Gasteiger partial charge on any atom is -0.300 e. The molecule has 1 radical (unpaired) electrons. The van der Waals surface area contributed by atoms with Gasteiger partial charge in [-0.1, -0.05) is 0 Å². The SMILES string of the molecule is NNC(=S)NN.[Cu]. The molecule has 0 spiro atoms. The Labute approximate surface area is 57.4 Å². The molecule has 0 aliphatic heterocycles. The monoisotopic (exact) mass is 169 g/mol. The van der Waals surface area contributed by atoms with Crippen LogP contribution in [-0.4, -0.2) is 5.11 Å². The molecule has 4 nitrogen and oxygen atoms in total. The summed E-state index contributed by atoms with van der Waals surface area (Å²) in [6, 6.07) is 0. The number of hydrogen-bond donors (Lipinski definition) is 4. The first kappa shape index (κ1) is 10.2.